The number of rotatable bonds is 4. The third kappa shape index (κ3) is 4.28. The molecule has 5 rings (SSSR count). The molecule has 2 aromatic rings. The molecule has 1 aromatic carbocycles. The first-order valence-electron chi connectivity index (χ1n) is 10.7. The van der Waals surface area contributed by atoms with E-state index in [1.807, 2.05) is 0 Å². The largest absolute Gasteiger partial charge is 0.457 e. The highest BCUT2D eigenvalue weighted by molar-refractivity contribution is 6.33. The van der Waals surface area contributed by atoms with E-state index < -0.39 is 17.6 Å². The fourth-order valence-corrected chi connectivity index (χ4v) is 4.63. The molecule has 1 amide bonds. The van der Waals surface area contributed by atoms with Gasteiger partial charge in [-0.25, -0.2) is 9.88 Å². The zero-order chi connectivity index (χ0) is 22.5. The SMILES string of the molecule is O=C(c1cc(C(F)(F)F)ccc1Cl)N1CC[C@@H]2CC[C@H](Oc3cnc(C4CC4)cn3)N2C1. The normalized spacial score (nSPS) is 23.8. The minimum absolute atomic E-state index is 0.00497. The Morgan fingerprint density at radius 2 is 1.91 bits per heavy atom. The van der Waals surface area contributed by atoms with Gasteiger partial charge in [-0.3, -0.25) is 9.78 Å². The molecule has 0 bridgehead atoms. The second-order valence-corrected chi connectivity index (χ2v) is 8.97. The van der Waals surface area contributed by atoms with Crippen LogP contribution in [0.4, 0.5) is 13.2 Å². The van der Waals surface area contributed by atoms with Gasteiger partial charge in [0.15, 0.2) is 6.23 Å². The van der Waals surface area contributed by atoms with E-state index in [0.717, 1.165) is 49.6 Å². The van der Waals surface area contributed by atoms with Crippen LogP contribution in [-0.4, -0.2) is 51.2 Å². The summed E-state index contributed by atoms with van der Waals surface area (Å²) < 4.78 is 45.4. The fraction of sp³-hybridized carbons (Fsp3) is 0.500. The van der Waals surface area contributed by atoms with E-state index >= 15 is 0 Å². The monoisotopic (exact) mass is 466 g/mol. The average Bonchev–Trinajstić information content (AvgIpc) is 3.55. The molecule has 1 aliphatic carbocycles. The van der Waals surface area contributed by atoms with Crippen LogP contribution in [0, 0.1) is 0 Å². The molecule has 1 aromatic heterocycles. The number of carbonyl (C=O) groups excluding carboxylic acids is 1. The van der Waals surface area contributed by atoms with Gasteiger partial charge in [-0.1, -0.05) is 11.6 Å². The van der Waals surface area contributed by atoms with Crippen molar-refractivity contribution in [1.29, 1.82) is 0 Å². The lowest BCUT2D eigenvalue weighted by atomic mass is 10.1. The van der Waals surface area contributed by atoms with Gasteiger partial charge in [0.1, 0.15) is 0 Å². The van der Waals surface area contributed by atoms with Gasteiger partial charge >= 0.3 is 6.18 Å². The number of benzene rings is 1. The number of nitrogens with zero attached hydrogens (tertiary/aromatic N) is 4. The molecule has 0 radical (unpaired) electrons. The predicted molar refractivity (Wildman–Crippen MR) is 110 cm³/mol. The topological polar surface area (TPSA) is 58.6 Å². The second kappa shape index (κ2) is 8.19. The minimum Gasteiger partial charge on any atom is -0.457 e. The van der Waals surface area contributed by atoms with Crippen LogP contribution in [0.25, 0.3) is 0 Å². The van der Waals surface area contributed by atoms with Crippen molar-refractivity contribution in [1.82, 2.24) is 19.8 Å². The van der Waals surface area contributed by atoms with Crippen LogP contribution in [0.1, 0.15) is 59.6 Å². The van der Waals surface area contributed by atoms with Gasteiger partial charge in [0.25, 0.3) is 5.91 Å². The van der Waals surface area contributed by atoms with Crippen LogP contribution >= 0.6 is 11.6 Å². The number of amides is 1. The first-order chi connectivity index (χ1) is 15.3. The lowest BCUT2D eigenvalue weighted by Crippen LogP contribution is -2.53. The zero-order valence-corrected chi connectivity index (χ0v) is 17.9. The van der Waals surface area contributed by atoms with Gasteiger partial charge in [-0.2, -0.15) is 13.2 Å². The number of halogens is 4. The molecule has 3 aliphatic rings. The molecule has 1 saturated carbocycles. The molecule has 2 atom stereocenters. The summed E-state index contributed by atoms with van der Waals surface area (Å²) in [4.78, 5) is 25.4. The standard InChI is InChI=1S/C22H22ClF3N4O2/c23-17-5-3-14(22(24,25)26)9-16(17)21(31)29-8-7-15-4-6-20(30(15)12-29)32-19-11-27-18(10-28-19)13-1-2-13/h3,5,9-11,13,15,20H,1-2,4,6-8,12H2/t15-,20-/m0/s1. The molecule has 3 heterocycles. The van der Waals surface area contributed by atoms with Crippen molar-refractivity contribution in [2.24, 2.45) is 0 Å². The van der Waals surface area contributed by atoms with Crippen LogP contribution in [-0.2, 0) is 6.18 Å². The van der Waals surface area contributed by atoms with E-state index in [4.69, 9.17) is 16.3 Å². The van der Waals surface area contributed by atoms with Gasteiger partial charge < -0.3 is 9.64 Å². The highest BCUT2D eigenvalue weighted by Crippen LogP contribution is 2.39. The predicted octanol–water partition coefficient (Wildman–Crippen LogP) is 4.70. The van der Waals surface area contributed by atoms with Crippen molar-refractivity contribution >= 4 is 17.5 Å². The van der Waals surface area contributed by atoms with E-state index in [1.165, 1.54) is 4.90 Å². The van der Waals surface area contributed by atoms with Crippen molar-refractivity contribution in [3.05, 3.63) is 52.4 Å². The smallest absolute Gasteiger partial charge is 0.416 e. The van der Waals surface area contributed by atoms with E-state index in [2.05, 4.69) is 14.9 Å². The summed E-state index contributed by atoms with van der Waals surface area (Å²) in [7, 11) is 0. The van der Waals surface area contributed by atoms with E-state index in [1.54, 1.807) is 12.4 Å². The Hall–Kier alpha value is -2.39. The second-order valence-electron chi connectivity index (χ2n) is 8.56. The summed E-state index contributed by atoms with van der Waals surface area (Å²) >= 11 is 6.08. The molecular formula is C22H22ClF3N4O2. The zero-order valence-electron chi connectivity index (χ0n) is 17.2. The first-order valence-corrected chi connectivity index (χ1v) is 11.1. The lowest BCUT2D eigenvalue weighted by Gasteiger charge is -2.40. The van der Waals surface area contributed by atoms with Crippen molar-refractivity contribution in [3.8, 4) is 5.88 Å². The van der Waals surface area contributed by atoms with Gasteiger partial charge in [-0.15, -0.1) is 0 Å². The number of carbonyl (C=O) groups is 1. The van der Waals surface area contributed by atoms with E-state index in [0.29, 0.717) is 24.8 Å². The number of alkyl halides is 3. The molecule has 2 aliphatic heterocycles. The average molecular weight is 467 g/mol. The number of hydrogen-bond acceptors (Lipinski definition) is 5. The Morgan fingerprint density at radius 3 is 2.59 bits per heavy atom. The summed E-state index contributed by atoms with van der Waals surface area (Å²) in [5.41, 5.74) is -0.0526. The molecule has 0 N–H and O–H groups in total. The molecule has 10 heteroatoms. The van der Waals surface area contributed by atoms with Crippen LogP contribution < -0.4 is 4.74 Å². The molecule has 0 spiro atoms. The van der Waals surface area contributed by atoms with E-state index in [9.17, 15) is 18.0 Å². The van der Waals surface area contributed by atoms with Crippen molar-refractivity contribution in [2.45, 2.75) is 56.5 Å². The van der Waals surface area contributed by atoms with Gasteiger partial charge in [-0.05, 0) is 50.3 Å². The Labute approximate surface area is 188 Å². The third-order valence-electron chi connectivity index (χ3n) is 6.36. The molecule has 2 saturated heterocycles. The van der Waals surface area contributed by atoms with Crippen LogP contribution in [0.15, 0.2) is 30.6 Å². The Balaban J connectivity index is 1.29. The number of hydrogen-bond donors (Lipinski definition) is 0. The lowest BCUT2D eigenvalue weighted by molar-refractivity contribution is -0.137. The van der Waals surface area contributed by atoms with Crippen LogP contribution in [0.3, 0.4) is 0 Å². The van der Waals surface area contributed by atoms with Crippen molar-refractivity contribution < 1.29 is 22.7 Å². The summed E-state index contributed by atoms with van der Waals surface area (Å²) in [5, 5.41) is 0.00497. The highest BCUT2D eigenvalue weighted by Gasteiger charge is 2.41. The molecule has 3 fully saturated rings. The minimum atomic E-state index is -4.55. The molecule has 6 nitrogen and oxygen atoms in total. The maximum Gasteiger partial charge on any atom is 0.416 e. The fourth-order valence-electron chi connectivity index (χ4n) is 4.44. The highest BCUT2D eigenvalue weighted by atomic mass is 35.5. The van der Waals surface area contributed by atoms with Gasteiger partial charge in [0.2, 0.25) is 5.88 Å². The molecule has 32 heavy (non-hydrogen) atoms. The van der Waals surface area contributed by atoms with Crippen LogP contribution in [0.5, 0.6) is 5.88 Å². The number of fused-ring (bicyclic) bond motifs is 1. The van der Waals surface area contributed by atoms with Crippen molar-refractivity contribution in [2.75, 3.05) is 13.2 Å². The number of aromatic nitrogens is 2. The summed E-state index contributed by atoms with van der Waals surface area (Å²) in [6.45, 7) is 0.712. The molecule has 170 valence electrons. The Morgan fingerprint density at radius 1 is 1.09 bits per heavy atom. The quantitative estimate of drug-likeness (QED) is 0.653. The Kier molecular flexibility index (Phi) is 5.49. The van der Waals surface area contributed by atoms with Gasteiger partial charge in [0.05, 0.1) is 40.9 Å². The Bertz CT molecular complexity index is 1010. The van der Waals surface area contributed by atoms with Gasteiger partial charge in [0, 0.05) is 18.5 Å². The summed E-state index contributed by atoms with van der Waals surface area (Å²) in [6.07, 6.45) is 3.28. The summed E-state index contributed by atoms with van der Waals surface area (Å²) in [6, 6.07) is 3.08. The molecule has 0 unspecified atom stereocenters. The van der Waals surface area contributed by atoms with Crippen LogP contribution in [0.2, 0.25) is 5.02 Å². The summed E-state index contributed by atoms with van der Waals surface area (Å²) in [5.74, 6) is 0.431. The van der Waals surface area contributed by atoms with Crippen molar-refractivity contribution in [3.63, 3.8) is 0 Å². The molecular weight excluding hydrogens is 445 g/mol. The maximum absolute atomic E-state index is 13.1. The third-order valence-corrected chi connectivity index (χ3v) is 6.69. The maximum atomic E-state index is 13.1. The number of ether oxygens (including phenoxy) is 1. The van der Waals surface area contributed by atoms with E-state index in [-0.39, 0.29) is 29.5 Å². The first kappa shape index (κ1) is 21.5.